The Labute approximate surface area is 146 Å². The summed E-state index contributed by atoms with van der Waals surface area (Å²) in [4.78, 5) is 0. The number of nitrogens with zero attached hydrogens (tertiary/aromatic N) is 4. The number of benzene rings is 2. The van der Waals surface area contributed by atoms with E-state index < -0.39 is 0 Å². The van der Waals surface area contributed by atoms with Crippen LogP contribution in [0, 0.1) is 0 Å². The molecule has 0 radical (unpaired) electrons. The molecule has 4 aromatic rings. The zero-order valence-corrected chi connectivity index (χ0v) is 14.6. The summed E-state index contributed by atoms with van der Waals surface area (Å²) in [7, 11) is 3.21. The third kappa shape index (κ3) is 2.20. The molecule has 6 nitrogen and oxygen atoms in total. The van der Waals surface area contributed by atoms with Crippen LogP contribution in [0.25, 0.3) is 27.5 Å². The molecule has 24 heavy (non-hydrogen) atoms. The molecule has 0 unspecified atom stereocenters. The van der Waals surface area contributed by atoms with Crippen molar-refractivity contribution in [1.82, 2.24) is 20.0 Å². The standard InChI is InChI=1S/C17H13BrN4O2/c1-23-16-6-10-13(7-17(16)24-2)21-19-9-15(10)22-14-5-3-4-12(18)11(14)8-20-22/h3-9H,1-2H3. The summed E-state index contributed by atoms with van der Waals surface area (Å²) in [6.07, 6.45) is 3.52. The normalized spacial score (nSPS) is 11.1. The highest BCUT2D eigenvalue weighted by Gasteiger charge is 2.14. The zero-order valence-electron chi connectivity index (χ0n) is 13.0. The SMILES string of the molecule is COc1cc2nncc(-n3ncc4c(Br)cccc43)c2cc1OC. The van der Waals surface area contributed by atoms with Crippen molar-refractivity contribution in [1.29, 1.82) is 0 Å². The Morgan fingerprint density at radius 3 is 2.58 bits per heavy atom. The minimum atomic E-state index is 0.615. The average Bonchev–Trinajstić information content (AvgIpc) is 3.05. The maximum Gasteiger partial charge on any atom is 0.162 e. The van der Waals surface area contributed by atoms with Crippen LogP contribution in [0.5, 0.6) is 11.5 Å². The zero-order chi connectivity index (χ0) is 16.7. The van der Waals surface area contributed by atoms with E-state index in [0.717, 1.165) is 26.4 Å². The molecule has 2 aromatic carbocycles. The first-order valence-electron chi connectivity index (χ1n) is 7.23. The molecule has 0 amide bonds. The third-order valence-electron chi connectivity index (χ3n) is 3.91. The number of fused-ring (bicyclic) bond motifs is 2. The van der Waals surface area contributed by atoms with Crippen LogP contribution < -0.4 is 9.47 Å². The lowest BCUT2D eigenvalue weighted by molar-refractivity contribution is 0.355. The van der Waals surface area contributed by atoms with Crippen LogP contribution in [-0.4, -0.2) is 34.2 Å². The van der Waals surface area contributed by atoms with Gasteiger partial charge in [0.1, 0.15) is 0 Å². The van der Waals surface area contributed by atoms with E-state index >= 15 is 0 Å². The highest BCUT2D eigenvalue weighted by molar-refractivity contribution is 9.10. The van der Waals surface area contributed by atoms with Crippen molar-refractivity contribution in [3.05, 3.63) is 47.2 Å². The Balaban J connectivity index is 2.04. The predicted molar refractivity (Wildman–Crippen MR) is 95.0 cm³/mol. The van der Waals surface area contributed by atoms with Crippen molar-refractivity contribution in [2.45, 2.75) is 0 Å². The summed E-state index contributed by atoms with van der Waals surface area (Å²) in [6.45, 7) is 0. The van der Waals surface area contributed by atoms with Crippen molar-refractivity contribution in [3.63, 3.8) is 0 Å². The van der Waals surface area contributed by atoms with E-state index in [4.69, 9.17) is 9.47 Å². The van der Waals surface area contributed by atoms with E-state index in [1.807, 2.05) is 41.2 Å². The van der Waals surface area contributed by atoms with Gasteiger partial charge < -0.3 is 9.47 Å². The second-order valence-electron chi connectivity index (χ2n) is 5.18. The van der Waals surface area contributed by atoms with Gasteiger partial charge in [-0.05, 0) is 18.2 Å². The van der Waals surface area contributed by atoms with Crippen LogP contribution in [0.4, 0.5) is 0 Å². The summed E-state index contributed by atoms with van der Waals surface area (Å²) < 4.78 is 13.6. The van der Waals surface area contributed by atoms with Crippen molar-refractivity contribution < 1.29 is 9.47 Å². The molecule has 2 aromatic heterocycles. The van der Waals surface area contributed by atoms with Gasteiger partial charge in [-0.15, -0.1) is 0 Å². The van der Waals surface area contributed by atoms with Crippen molar-refractivity contribution in [3.8, 4) is 17.2 Å². The van der Waals surface area contributed by atoms with Gasteiger partial charge in [0.05, 0.1) is 43.3 Å². The number of ether oxygens (including phenoxy) is 2. The van der Waals surface area contributed by atoms with Crippen LogP contribution in [0.2, 0.25) is 0 Å². The van der Waals surface area contributed by atoms with Crippen molar-refractivity contribution in [2.24, 2.45) is 0 Å². The van der Waals surface area contributed by atoms with Crippen LogP contribution in [0.3, 0.4) is 0 Å². The van der Waals surface area contributed by atoms with Crippen LogP contribution >= 0.6 is 15.9 Å². The minimum Gasteiger partial charge on any atom is -0.493 e. The highest BCUT2D eigenvalue weighted by atomic mass is 79.9. The monoisotopic (exact) mass is 384 g/mol. The second-order valence-corrected chi connectivity index (χ2v) is 6.04. The van der Waals surface area contributed by atoms with E-state index in [9.17, 15) is 0 Å². The Hall–Kier alpha value is -2.67. The second kappa shape index (κ2) is 5.76. The number of aromatic nitrogens is 4. The fraction of sp³-hybridized carbons (Fsp3) is 0.118. The fourth-order valence-electron chi connectivity index (χ4n) is 2.75. The van der Waals surface area contributed by atoms with Gasteiger partial charge in [0, 0.05) is 21.3 Å². The quantitative estimate of drug-likeness (QED) is 0.538. The number of methoxy groups -OCH3 is 2. The fourth-order valence-corrected chi connectivity index (χ4v) is 3.21. The first-order valence-corrected chi connectivity index (χ1v) is 8.02. The van der Waals surface area contributed by atoms with Gasteiger partial charge in [-0.2, -0.15) is 15.3 Å². The number of halogens is 1. The number of rotatable bonds is 3. The Morgan fingerprint density at radius 2 is 1.79 bits per heavy atom. The Kier molecular flexibility index (Phi) is 3.57. The van der Waals surface area contributed by atoms with Crippen LogP contribution in [0.15, 0.2) is 47.2 Å². The molecular weight excluding hydrogens is 372 g/mol. The molecule has 2 heterocycles. The molecule has 0 bridgehead atoms. The van der Waals surface area contributed by atoms with Gasteiger partial charge in [0.2, 0.25) is 0 Å². The number of hydrogen-bond acceptors (Lipinski definition) is 5. The lowest BCUT2D eigenvalue weighted by Crippen LogP contribution is -2.01. The Bertz CT molecular complexity index is 1060. The molecule has 0 aliphatic heterocycles. The molecule has 0 saturated carbocycles. The molecular formula is C17H13BrN4O2. The molecule has 0 N–H and O–H groups in total. The molecule has 120 valence electrons. The largest absolute Gasteiger partial charge is 0.493 e. The first-order chi connectivity index (χ1) is 11.7. The third-order valence-corrected chi connectivity index (χ3v) is 4.60. The Morgan fingerprint density at radius 1 is 1.00 bits per heavy atom. The van der Waals surface area contributed by atoms with E-state index in [0.29, 0.717) is 17.0 Å². The predicted octanol–water partition coefficient (Wildman–Crippen LogP) is 3.75. The van der Waals surface area contributed by atoms with E-state index in [1.54, 1.807) is 20.4 Å². The van der Waals surface area contributed by atoms with Gasteiger partial charge >= 0.3 is 0 Å². The summed E-state index contributed by atoms with van der Waals surface area (Å²) in [6, 6.07) is 9.69. The highest BCUT2D eigenvalue weighted by Crippen LogP contribution is 2.34. The van der Waals surface area contributed by atoms with Gasteiger partial charge in [-0.3, -0.25) is 0 Å². The molecule has 0 aliphatic carbocycles. The summed E-state index contributed by atoms with van der Waals surface area (Å²) in [5, 5.41) is 14.7. The maximum absolute atomic E-state index is 5.41. The van der Waals surface area contributed by atoms with Gasteiger partial charge in [-0.25, -0.2) is 4.68 Å². The molecule has 0 atom stereocenters. The molecule has 0 spiro atoms. The lowest BCUT2D eigenvalue weighted by Gasteiger charge is -2.11. The van der Waals surface area contributed by atoms with Crippen LogP contribution in [-0.2, 0) is 0 Å². The van der Waals surface area contributed by atoms with E-state index in [-0.39, 0.29) is 0 Å². The molecule has 0 fully saturated rings. The summed E-state index contributed by atoms with van der Waals surface area (Å²) in [5.74, 6) is 1.25. The molecule has 0 aliphatic rings. The minimum absolute atomic E-state index is 0.615. The topological polar surface area (TPSA) is 62.1 Å². The molecule has 4 rings (SSSR count). The van der Waals surface area contributed by atoms with Crippen molar-refractivity contribution >= 4 is 37.7 Å². The number of hydrogen-bond donors (Lipinski definition) is 0. The van der Waals surface area contributed by atoms with E-state index in [1.165, 1.54) is 0 Å². The van der Waals surface area contributed by atoms with Crippen molar-refractivity contribution in [2.75, 3.05) is 14.2 Å². The average molecular weight is 385 g/mol. The van der Waals surface area contributed by atoms with E-state index in [2.05, 4.69) is 31.2 Å². The molecule has 7 heteroatoms. The van der Waals surface area contributed by atoms with Gasteiger partial charge in [-0.1, -0.05) is 22.0 Å². The molecule has 0 saturated heterocycles. The maximum atomic E-state index is 5.41. The summed E-state index contributed by atoms with van der Waals surface area (Å²) >= 11 is 3.56. The van der Waals surface area contributed by atoms with Gasteiger partial charge in [0.15, 0.2) is 11.5 Å². The summed E-state index contributed by atoms with van der Waals surface area (Å²) in [5.41, 5.74) is 2.52. The van der Waals surface area contributed by atoms with Gasteiger partial charge in [0.25, 0.3) is 0 Å². The first kappa shape index (κ1) is 14.9. The smallest absolute Gasteiger partial charge is 0.162 e. The lowest BCUT2D eigenvalue weighted by atomic mass is 10.1. The van der Waals surface area contributed by atoms with Crippen LogP contribution in [0.1, 0.15) is 0 Å².